The highest BCUT2D eigenvalue weighted by Gasteiger charge is 2.50. The first-order valence-electron chi connectivity index (χ1n) is 15.0. The Bertz CT molecular complexity index is 924. The predicted octanol–water partition coefficient (Wildman–Crippen LogP) is 8.57. The van der Waals surface area contributed by atoms with Crippen molar-refractivity contribution in [2.45, 2.75) is 142 Å². The van der Waals surface area contributed by atoms with Gasteiger partial charge in [-0.2, -0.15) is 0 Å². The highest BCUT2D eigenvalue weighted by Crippen LogP contribution is 2.46. The summed E-state index contributed by atoms with van der Waals surface area (Å²) in [5.41, 5.74) is 4.94. The molecule has 0 fully saturated rings. The first-order valence-corrected chi connectivity index (χ1v) is 19.3. The molecule has 1 aliphatic heterocycles. The third-order valence-corrected chi connectivity index (χ3v) is 21.4. The minimum atomic E-state index is -2.20. The molecule has 1 N–H and O–H groups in total. The Labute approximate surface area is 241 Å². The van der Waals surface area contributed by atoms with Crippen LogP contribution in [0.4, 0.5) is 0 Å². The molecule has 5 nitrogen and oxygen atoms in total. The summed E-state index contributed by atoms with van der Waals surface area (Å²) < 4.78 is 21.0. The molecule has 7 heteroatoms. The number of aliphatic hydroxyl groups excluding tert-OH is 1. The predicted molar refractivity (Wildman–Crippen MR) is 167 cm³/mol. The maximum absolute atomic E-state index is 11.8. The van der Waals surface area contributed by atoms with Gasteiger partial charge in [0.25, 0.3) is 0 Å². The monoisotopic (exact) mass is 576 g/mol. The molecule has 0 bridgehead atoms. The Morgan fingerprint density at radius 2 is 1.36 bits per heavy atom. The van der Waals surface area contributed by atoms with Gasteiger partial charge in [-0.05, 0) is 50.5 Å². The second kappa shape index (κ2) is 14.1. The van der Waals surface area contributed by atoms with Crippen LogP contribution in [0.2, 0.25) is 33.2 Å². The summed E-state index contributed by atoms with van der Waals surface area (Å²) in [6, 6.07) is 5.48. The third-order valence-electron chi connectivity index (χ3n) is 9.23. The van der Waals surface area contributed by atoms with Gasteiger partial charge in [0.1, 0.15) is 18.5 Å². The third kappa shape index (κ3) is 6.97. The number of aliphatic hydroxyl groups is 1. The molecule has 2 atom stereocenters. The summed E-state index contributed by atoms with van der Waals surface area (Å²) in [6.07, 6.45) is 2.99. The number of carbonyl (C=O) groups is 1. The van der Waals surface area contributed by atoms with E-state index in [0.29, 0.717) is 51.8 Å². The van der Waals surface area contributed by atoms with Gasteiger partial charge < -0.3 is 18.7 Å². The Kier molecular flexibility index (Phi) is 12.3. The molecule has 2 rings (SSSR count). The molecule has 1 heterocycles. The normalized spacial score (nSPS) is 18.7. The number of hydrogen-bond donors (Lipinski definition) is 1. The van der Waals surface area contributed by atoms with Crippen LogP contribution in [0.25, 0.3) is 0 Å². The van der Waals surface area contributed by atoms with Crippen LogP contribution in [0, 0.1) is 0 Å². The molecule has 0 aliphatic carbocycles. The Morgan fingerprint density at radius 3 is 1.79 bits per heavy atom. The molecule has 0 radical (unpaired) electrons. The molecular weight excluding hydrogens is 521 g/mol. The number of rotatable bonds is 15. The smallest absolute Gasteiger partial charge is 0.201 e. The van der Waals surface area contributed by atoms with Gasteiger partial charge in [0, 0.05) is 12.0 Å². The van der Waals surface area contributed by atoms with Crippen molar-refractivity contribution < 1.29 is 23.5 Å². The van der Waals surface area contributed by atoms with Crippen LogP contribution in [-0.4, -0.2) is 46.8 Å². The number of hydrogen-bond acceptors (Lipinski definition) is 5. The Morgan fingerprint density at radius 1 is 0.846 bits per heavy atom. The summed E-state index contributed by atoms with van der Waals surface area (Å²) in [4.78, 5) is 11.8. The quantitative estimate of drug-likeness (QED) is 0.167. The lowest BCUT2D eigenvalue weighted by Gasteiger charge is -2.45. The van der Waals surface area contributed by atoms with Crippen LogP contribution in [0.15, 0.2) is 30.0 Å². The minimum absolute atomic E-state index is 0.119. The van der Waals surface area contributed by atoms with Crippen LogP contribution in [0.3, 0.4) is 0 Å². The number of aldehydes is 1. The molecule has 222 valence electrons. The van der Waals surface area contributed by atoms with E-state index in [1.165, 1.54) is 0 Å². The molecule has 0 saturated carbocycles. The Hall–Kier alpha value is -1.26. The highest BCUT2D eigenvalue weighted by atomic mass is 28.4. The van der Waals surface area contributed by atoms with Gasteiger partial charge in [-0.1, -0.05) is 101 Å². The number of benzene rings is 1. The van der Waals surface area contributed by atoms with Gasteiger partial charge in [-0.3, -0.25) is 4.79 Å². The van der Waals surface area contributed by atoms with Crippen molar-refractivity contribution in [3.63, 3.8) is 0 Å². The van der Waals surface area contributed by atoms with E-state index in [4.69, 9.17) is 13.6 Å². The first kappa shape index (κ1) is 33.9. The highest BCUT2D eigenvalue weighted by molar-refractivity contribution is 6.78. The molecule has 1 aromatic rings. The van der Waals surface area contributed by atoms with Crippen molar-refractivity contribution in [1.82, 2.24) is 0 Å². The van der Waals surface area contributed by atoms with E-state index in [9.17, 15) is 9.90 Å². The fraction of sp³-hybridized carbons (Fsp3) is 0.719. The second-order valence-electron chi connectivity index (χ2n) is 13.3. The van der Waals surface area contributed by atoms with E-state index in [0.717, 1.165) is 23.2 Å². The number of allylic oxidation sites excluding steroid dienone is 1. The molecule has 0 saturated heterocycles. The van der Waals surface area contributed by atoms with Crippen LogP contribution in [-0.2, 0) is 26.6 Å². The number of ether oxygens (including phenoxy) is 1. The molecule has 0 spiro atoms. The van der Waals surface area contributed by atoms with Gasteiger partial charge >= 0.3 is 0 Å². The van der Waals surface area contributed by atoms with E-state index in [1.54, 1.807) is 6.07 Å². The summed E-state index contributed by atoms with van der Waals surface area (Å²) in [6.45, 7) is 28.0. The van der Waals surface area contributed by atoms with Gasteiger partial charge in [-0.15, -0.1) is 0 Å². The average molecular weight is 577 g/mol. The largest absolute Gasteiger partial charge is 0.489 e. The van der Waals surface area contributed by atoms with Crippen LogP contribution < -0.4 is 0 Å². The molecule has 1 aromatic carbocycles. The minimum Gasteiger partial charge on any atom is -0.489 e. The zero-order valence-corrected chi connectivity index (χ0v) is 28.7. The fourth-order valence-electron chi connectivity index (χ4n) is 7.60. The van der Waals surface area contributed by atoms with E-state index in [-0.39, 0.29) is 18.8 Å². The SMILES string of the molecule is CC(C)[Si](OC[C@H]1OC(Cc2c(C=O)cccc2CO)=C[C@@H]1O[Si](C(C)C)(C(C)C)C(C)C)(C(C)C)C(C)C. The van der Waals surface area contributed by atoms with Crippen molar-refractivity contribution in [1.29, 1.82) is 0 Å². The van der Waals surface area contributed by atoms with Gasteiger partial charge in [0.05, 0.1) is 19.0 Å². The van der Waals surface area contributed by atoms with E-state index in [2.05, 4.69) is 89.2 Å². The molecule has 1 aliphatic rings. The maximum atomic E-state index is 11.8. The zero-order chi connectivity index (χ0) is 29.7. The molecule has 0 amide bonds. The summed E-state index contributed by atoms with van der Waals surface area (Å²) in [7, 11) is -4.30. The fourth-order valence-corrected chi connectivity index (χ4v) is 18.6. The van der Waals surface area contributed by atoms with Crippen LogP contribution in [0.1, 0.15) is 105 Å². The summed E-state index contributed by atoms with van der Waals surface area (Å²) >= 11 is 0. The van der Waals surface area contributed by atoms with Gasteiger partial charge in [-0.25, -0.2) is 0 Å². The average Bonchev–Trinajstić information content (AvgIpc) is 3.22. The lowest BCUT2D eigenvalue weighted by molar-refractivity contribution is 0.0162. The molecular formula is C32H56O5Si2. The van der Waals surface area contributed by atoms with E-state index >= 15 is 0 Å². The van der Waals surface area contributed by atoms with Gasteiger partial charge in [0.15, 0.2) is 0 Å². The Balaban J connectivity index is 2.51. The number of carbonyl (C=O) groups excluding carboxylic acids is 1. The molecule has 0 aromatic heterocycles. The summed E-state index contributed by atoms with van der Waals surface area (Å²) in [5, 5.41) is 9.97. The zero-order valence-electron chi connectivity index (χ0n) is 26.7. The molecule has 0 unspecified atom stereocenters. The van der Waals surface area contributed by atoms with E-state index in [1.807, 2.05) is 12.1 Å². The van der Waals surface area contributed by atoms with Crippen molar-refractivity contribution in [2.75, 3.05) is 6.61 Å². The lowest BCUT2D eigenvalue weighted by Crippen LogP contribution is -2.53. The standard InChI is InChI=1S/C32H56O5Si2/c1-21(2)38(22(3)4,23(5)6)35-20-32-31(37-39(24(7)8,25(9)10)26(11)12)17-29(36-32)16-30-27(18-33)14-13-15-28(30)19-34/h13-15,17-18,21-26,31-32,34H,16,19-20H2,1-12H3/t31-,32+/m0/s1. The van der Waals surface area contributed by atoms with Gasteiger partial charge in [0.2, 0.25) is 16.6 Å². The molecule has 39 heavy (non-hydrogen) atoms. The van der Waals surface area contributed by atoms with E-state index < -0.39 is 16.6 Å². The maximum Gasteiger partial charge on any atom is 0.201 e. The first-order chi connectivity index (χ1) is 18.2. The summed E-state index contributed by atoms with van der Waals surface area (Å²) in [5.74, 6) is 0.794. The lowest BCUT2D eigenvalue weighted by atomic mass is 9.98. The second-order valence-corrected chi connectivity index (χ2v) is 24.1. The van der Waals surface area contributed by atoms with Crippen molar-refractivity contribution in [2.24, 2.45) is 0 Å². The topological polar surface area (TPSA) is 65.0 Å². The van der Waals surface area contributed by atoms with Crippen molar-refractivity contribution in [3.8, 4) is 0 Å². The van der Waals surface area contributed by atoms with Crippen molar-refractivity contribution >= 4 is 22.9 Å². The van der Waals surface area contributed by atoms with Crippen LogP contribution in [0.5, 0.6) is 0 Å². The van der Waals surface area contributed by atoms with Crippen LogP contribution >= 0.6 is 0 Å². The van der Waals surface area contributed by atoms with Crippen molar-refractivity contribution in [3.05, 3.63) is 46.7 Å².